The van der Waals surface area contributed by atoms with E-state index >= 15 is 0 Å². The van der Waals surface area contributed by atoms with Gasteiger partial charge in [-0.3, -0.25) is 9.69 Å². The van der Waals surface area contributed by atoms with Crippen molar-refractivity contribution in [3.05, 3.63) is 24.6 Å². The number of rotatable bonds is 6. The smallest absolute Gasteiger partial charge is 0.304 e. The molecule has 0 saturated carbocycles. The lowest BCUT2D eigenvalue weighted by atomic mass is 10.2. The van der Waals surface area contributed by atoms with E-state index in [-0.39, 0.29) is 5.91 Å². The second kappa shape index (κ2) is 6.10. The number of carbonyl (C=O) groups is 1. The largest absolute Gasteiger partial charge is 0.431 e. The molecule has 0 atom stereocenters. The predicted molar refractivity (Wildman–Crippen MR) is 63.3 cm³/mol. The molecule has 0 saturated heterocycles. The van der Waals surface area contributed by atoms with Crippen LogP contribution in [0.25, 0.3) is 0 Å². The fraction of sp³-hybridized carbons (Fsp3) is 0.500. The number of carbonyl (C=O) groups excluding carboxylic acids is 1. The van der Waals surface area contributed by atoms with E-state index < -0.39 is 0 Å². The Kier molecular flexibility index (Phi) is 4.76. The molecule has 88 valence electrons. The van der Waals surface area contributed by atoms with Crippen LogP contribution in [-0.2, 0) is 4.79 Å². The Balaban J connectivity index is 2.55. The van der Waals surface area contributed by atoms with Crippen LogP contribution in [0.2, 0.25) is 0 Å². The van der Waals surface area contributed by atoms with Gasteiger partial charge in [-0.1, -0.05) is 6.08 Å². The second-order valence-corrected chi connectivity index (χ2v) is 3.73. The number of nitrogens with zero attached hydrogens (tertiary/aromatic N) is 2. The molecule has 1 rings (SSSR count). The minimum Gasteiger partial charge on any atom is -0.431 e. The number of anilines is 1. The normalized spacial score (nSPS) is 10.1. The summed E-state index contributed by atoms with van der Waals surface area (Å²) in [5.74, 6) is -0.0412. The Morgan fingerprint density at radius 2 is 2.38 bits per heavy atom. The number of allylic oxidation sites excluding steroid dienone is 1. The molecule has 0 fully saturated rings. The number of oxazole rings is 1. The van der Waals surface area contributed by atoms with E-state index in [1.54, 1.807) is 11.2 Å². The Hall–Kier alpha value is -1.58. The van der Waals surface area contributed by atoms with Crippen LogP contribution >= 0.6 is 0 Å². The summed E-state index contributed by atoms with van der Waals surface area (Å²) in [7, 11) is 0. The Morgan fingerprint density at radius 1 is 1.62 bits per heavy atom. The van der Waals surface area contributed by atoms with E-state index in [1.807, 2.05) is 13.0 Å². The molecule has 1 heterocycles. The summed E-state index contributed by atoms with van der Waals surface area (Å²) < 4.78 is 5.22. The van der Waals surface area contributed by atoms with E-state index in [4.69, 9.17) is 4.42 Å². The van der Waals surface area contributed by atoms with Crippen molar-refractivity contribution in [2.45, 2.75) is 33.1 Å². The van der Waals surface area contributed by atoms with Gasteiger partial charge in [0.25, 0.3) is 0 Å². The van der Waals surface area contributed by atoms with Crippen LogP contribution in [0.1, 0.15) is 31.9 Å². The van der Waals surface area contributed by atoms with Crippen LogP contribution in [0.3, 0.4) is 0 Å². The van der Waals surface area contributed by atoms with E-state index in [0.29, 0.717) is 12.6 Å². The summed E-state index contributed by atoms with van der Waals surface area (Å²) in [6, 6.07) is 0.392. The van der Waals surface area contributed by atoms with Crippen molar-refractivity contribution in [3.8, 4) is 0 Å². The SMILES string of the molecule is C=CCCCCN(C(C)=O)c1nc(C)co1. The maximum absolute atomic E-state index is 11.4. The molecule has 1 aromatic rings. The second-order valence-electron chi connectivity index (χ2n) is 3.73. The van der Waals surface area contributed by atoms with Gasteiger partial charge in [0.2, 0.25) is 5.91 Å². The van der Waals surface area contributed by atoms with Gasteiger partial charge in [0.05, 0.1) is 5.69 Å². The summed E-state index contributed by atoms with van der Waals surface area (Å²) in [6.07, 6.45) is 6.35. The van der Waals surface area contributed by atoms with Gasteiger partial charge in [0.15, 0.2) is 0 Å². The van der Waals surface area contributed by atoms with Gasteiger partial charge in [-0.05, 0) is 26.2 Å². The highest BCUT2D eigenvalue weighted by atomic mass is 16.4. The van der Waals surface area contributed by atoms with Crippen LogP contribution in [0.5, 0.6) is 0 Å². The highest BCUT2D eigenvalue weighted by molar-refractivity contribution is 5.89. The highest BCUT2D eigenvalue weighted by Gasteiger charge is 2.15. The molecule has 0 N–H and O–H groups in total. The Morgan fingerprint density at radius 3 is 2.88 bits per heavy atom. The molecule has 1 amide bonds. The molecule has 0 aliphatic rings. The number of unbranched alkanes of at least 4 members (excludes halogenated alkanes) is 2. The zero-order valence-corrected chi connectivity index (χ0v) is 9.90. The lowest BCUT2D eigenvalue weighted by Gasteiger charge is -2.15. The molecule has 0 bridgehead atoms. The van der Waals surface area contributed by atoms with Crippen molar-refractivity contribution >= 4 is 11.9 Å². The average molecular weight is 222 g/mol. The van der Waals surface area contributed by atoms with Gasteiger partial charge in [0, 0.05) is 13.5 Å². The third-order valence-corrected chi connectivity index (χ3v) is 2.26. The minimum absolute atomic E-state index is 0.0412. The minimum atomic E-state index is -0.0412. The summed E-state index contributed by atoms with van der Waals surface area (Å²) in [4.78, 5) is 17.1. The number of amides is 1. The standard InChI is InChI=1S/C12H18N2O2/c1-4-5-6-7-8-14(11(3)15)12-13-10(2)9-16-12/h4,9H,1,5-8H2,2-3H3. The predicted octanol–water partition coefficient (Wildman–Crippen LogP) is 2.69. The van der Waals surface area contributed by atoms with E-state index in [2.05, 4.69) is 11.6 Å². The van der Waals surface area contributed by atoms with Crippen molar-refractivity contribution in [1.29, 1.82) is 0 Å². The monoisotopic (exact) mass is 222 g/mol. The van der Waals surface area contributed by atoms with E-state index in [9.17, 15) is 4.79 Å². The number of hydrogen-bond donors (Lipinski definition) is 0. The Labute approximate surface area is 96.0 Å². The third kappa shape index (κ3) is 3.53. The third-order valence-electron chi connectivity index (χ3n) is 2.26. The molecule has 0 spiro atoms. The molecule has 0 aromatic carbocycles. The topological polar surface area (TPSA) is 46.3 Å². The summed E-state index contributed by atoms with van der Waals surface area (Å²) in [5.41, 5.74) is 0.785. The van der Waals surface area contributed by atoms with Crippen LogP contribution in [0.4, 0.5) is 6.01 Å². The molecular formula is C12H18N2O2. The summed E-state index contributed by atoms with van der Waals surface area (Å²) in [5, 5.41) is 0. The van der Waals surface area contributed by atoms with Crippen LogP contribution in [-0.4, -0.2) is 17.4 Å². The van der Waals surface area contributed by atoms with Gasteiger partial charge >= 0.3 is 6.01 Å². The molecule has 4 heteroatoms. The quantitative estimate of drug-likeness (QED) is 0.549. The summed E-state index contributed by atoms with van der Waals surface area (Å²) >= 11 is 0. The first-order valence-electron chi connectivity index (χ1n) is 5.46. The molecule has 1 aromatic heterocycles. The molecule has 0 aliphatic heterocycles. The molecule has 0 radical (unpaired) electrons. The number of aromatic nitrogens is 1. The zero-order chi connectivity index (χ0) is 12.0. The maximum Gasteiger partial charge on any atom is 0.304 e. The van der Waals surface area contributed by atoms with E-state index in [0.717, 1.165) is 25.0 Å². The molecule has 4 nitrogen and oxygen atoms in total. The highest BCUT2D eigenvalue weighted by Crippen LogP contribution is 2.14. The van der Waals surface area contributed by atoms with Gasteiger partial charge in [0.1, 0.15) is 6.26 Å². The van der Waals surface area contributed by atoms with Crippen molar-refractivity contribution in [3.63, 3.8) is 0 Å². The summed E-state index contributed by atoms with van der Waals surface area (Å²) in [6.45, 7) is 7.66. The van der Waals surface area contributed by atoms with Gasteiger partial charge in [-0.2, -0.15) is 4.98 Å². The lowest BCUT2D eigenvalue weighted by molar-refractivity contribution is -0.116. The first-order valence-corrected chi connectivity index (χ1v) is 5.46. The van der Waals surface area contributed by atoms with Crippen LogP contribution < -0.4 is 4.90 Å². The van der Waals surface area contributed by atoms with Crippen molar-refractivity contribution < 1.29 is 9.21 Å². The van der Waals surface area contributed by atoms with Crippen molar-refractivity contribution in [2.24, 2.45) is 0 Å². The maximum atomic E-state index is 11.4. The fourth-order valence-electron chi connectivity index (χ4n) is 1.41. The van der Waals surface area contributed by atoms with E-state index in [1.165, 1.54) is 6.92 Å². The average Bonchev–Trinajstić information content (AvgIpc) is 2.64. The number of aryl methyl sites for hydroxylation is 1. The van der Waals surface area contributed by atoms with Gasteiger partial charge < -0.3 is 4.42 Å². The molecule has 16 heavy (non-hydrogen) atoms. The number of hydrogen-bond acceptors (Lipinski definition) is 3. The first-order chi connectivity index (χ1) is 7.65. The van der Waals surface area contributed by atoms with Crippen molar-refractivity contribution in [1.82, 2.24) is 4.98 Å². The Bertz CT molecular complexity index is 358. The zero-order valence-electron chi connectivity index (χ0n) is 9.90. The van der Waals surface area contributed by atoms with Crippen molar-refractivity contribution in [2.75, 3.05) is 11.4 Å². The van der Waals surface area contributed by atoms with Gasteiger partial charge in [-0.15, -0.1) is 6.58 Å². The lowest BCUT2D eigenvalue weighted by Crippen LogP contribution is -2.29. The molecular weight excluding hydrogens is 204 g/mol. The molecule has 0 unspecified atom stereocenters. The van der Waals surface area contributed by atoms with Crippen LogP contribution in [0.15, 0.2) is 23.3 Å². The molecule has 0 aliphatic carbocycles. The van der Waals surface area contributed by atoms with Crippen LogP contribution in [0, 0.1) is 6.92 Å². The first kappa shape index (κ1) is 12.5. The fourth-order valence-corrected chi connectivity index (χ4v) is 1.41. The van der Waals surface area contributed by atoms with Gasteiger partial charge in [-0.25, -0.2) is 0 Å².